The second kappa shape index (κ2) is 6.65. The van der Waals surface area contributed by atoms with E-state index in [1.807, 2.05) is 31.2 Å². The summed E-state index contributed by atoms with van der Waals surface area (Å²) in [5.41, 5.74) is 2.18. The number of aromatic nitrogens is 1. The van der Waals surface area contributed by atoms with Crippen molar-refractivity contribution in [3.63, 3.8) is 0 Å². The molecule has 0 saturated heterocycles. The van der Waals surface area contributed by atoms with Gasteiger partial charge in [-0.05, 0) is 19.1 Å². The minimum Gasteiger partial charge on any atom is -0.356 e. The Morgan fingerprint density at radius 1 is 1.29 bits per heavy atom. The molecule has 0 unspecified atom stereocenters. The lowest BCUT2D eigenvalue weighted by Crippen LogP contribution is -2.24. The molecule has 0 radical (unpaired) electrons. The van der Waals surface area contributed by atoms with Crippen molar-refractivity contribution in [1.29, 1.82) is 0 Å². The van der Waals surface area contributed by atoms with Crippen LogP contribution in [0.5, 0.6) is 0 Å². The lowest BCUT2D eigenvalue weighted by Gasteiger charge is -2.07. The Kier molecular flexibility index (Phi) is 4.66. The first kappa shape index (κ1) is 14.7. The van der Waals surface area contributed by atoms with Crippen LogP contribution in [0.15, 0.2) is 42.5 Å². The summed E-state index contributed by atoms with van der Waals surface area (Å²) in [7, 11) is 1.55. The number of hydrogen-bond donors (Lipinski definition) is 2. The zero-order chi connectivity index (χ0) is 15.2. The zero-order valence-electron chi connectivity index (χ0n) is 12.0. The first-order valence-electron chi connectivity index (χ1n) is 6.64. The van der Waals surface area contributed by atoms with Crippen LogP contribution in [0.3, 0.4) is 0 Å². The Bertz CT molecular complexity index is 708. The van der Waals surface area contributed by atoms with Crippen molar-refractivity contribution in [3.05, 3.63) is 53.7 Å². The predicted molar refractivity (Wildman–Crippen MR) is 82.0 cm³/mol. The third-order valence-corrected chi connectivity index (χ3v) is 2.98. The highest BCUT2D eigenvalue weighted by molar-refractivity contribution is 6.06. The molecule has 0 aliphatic heterocycles. The van der Waals surface area contributed by atoms with E-state index in [9.17, 15) is 9.59 Å². The summed E-state index contributed by atoms with van der Waals surface area (Å²) < 4.78 is 0. The van der Waals surface area contributed by atoms with E-state index in [4.69, 9.17) is 0 Å². The Balaban J connectivity index is 2.16. The number of para-hydroxylation sites is 1. The molecule has 0 fully saturated rings. The van der Waals surface area contributed by atoms with Crippen LogP contribution < -0.4 is 10.6 Å². The standard InChI is InChI=1S/C16H17N3O2/c1-11-10-13(12-6-3-4-7-14(12)19-11)16(21)18-9-5-8-15(20)17-2/h3-8,10H,9H2,1-2H3,(H,17,20)(H,18,21)/b8-5+. The van der Waals surface area contributed by atoms with Gasteiger partial charge in [-0.1, -0.05) is 24.3 Å². The molecule has 21 heavy (non-hydrogen) atoms. The minimum atomic E-state index is -0.200. The summed E-state index contributed by atoms with van der Waals surface area (Å²) in [6, 6.07) is 9.28. The van der Waals surface area contributed by atoms with Gasteiger partial charge in [0.25, 0.3) is 5.91 Å². The van der Waals surface area contributed by atoms with E-state index in [2.05, 4.69) is 15.6 Å². The molecule has 5 heteroatoms. The lowest BCUT2D eigenvalue weighted by molar-refractivity contribution is -0.116. The molecule has 2 rings (SSSR count). The van der Waals surface area contributed by atoms with Gasteiger partial charge in [-0.3, -0.25) is 14.6 Å². The largest absolute Gasteiger partial charge is 0.356 e. The van der Waals surface area contributed by atoms with Gasteiger partial charge >= 0.3 is 0 Å². The lowest BCUT2D eigenvalue weighted by atomic mass is 10.1. The van der Waals surface area contributed by atoms with E-state index in [1.165, 1.54) is 6.08 Å². The number of hydrogen-bond acceptors (Lipinski definition) is 3. The highest BCUT2D eigenvalue weighted by atomic mass is 16.2. The number of nitrogens with one attached hydrogen (secondary N) is 2. The van der Waals surface area contributed by atoms with Gasteiger partial charge in [-0.25, -0.2) is 0 Å². The Morgan fingerprint density at radius 2 is 2.05 bits per heavy atom. The fourth-order valence-corrected chi connectivity index (χ4v) is 1.99. The van der Waals surface area contributed by atoms with Gasteiger partial charge < -0.3 is 10.6 Å². The first-order chi connectivity index (χ1) is 10.1. The quantitative estimate of drug-likeness (QED) is 0.837. The van der Waals surface area contributed by atoms with Gasteiger partial charge in [0.15, 0.2) is 0 Å². The van der Waals surface area contributed by atoms with Gasteiger partial charge in [0.05, 0.1) is 11.1 Å². The van der Waals surface area contributed by atoms with Crippen LogP contribution in [0.25, 0.3) is 10.9 Å². The Hall–Kier alpha value is -2.69. The maximum Gasteiger partial charge on any atom is 0.252 e. The summed E-state index contributed by atoms with van der Waals surface area (Å²) in [4.78, 5) is 27.7. The molecule has 1 aromatic heterocycles. The highest BCUT2D eigenvalue weighted by Gasteiger charge is 2.10. The van der Waals surface area contributed by atoms with Crippen molar-refractivity contribution in [2.24, 2.45) is 0 Å². The average Bonchev–Trinajstić information content (AvgIpc) is 2.50. The van der Waals surface area contributed by atoms with Gasteiger partial charge in [0.2, 0.25) is 5.91 Å². The molecule has 108 valence electrons. The second-order valence-electron chi connectivity index (χ2n) is 4.55. The Labute approximate surface area is 123 Å². The minimum absolute atomic E-state index is 0.182. The Morgan fingerprint density at radius 3 is 2.81 bits per heavy atom. The van der Waals surface area contributed by atoms with E-state index < -0.39 is 0 Å². The van der Waals surface area contributed by atoms with Crippen LogP contribution in [-0.4, -0.2) is 30.4 Å². The first-order valence-corrected chi connectivity index (χ1v) is 6.64. The molecule has 0 saturated carbocycles. The maximum atomic E-state index is 12.3. The van der Waals surface area contributed by atoms with Crippen LogP contribution in [0.4, 0.5) is 0 Å². The number of carbonyl (C=O) groups is 2. The number of amides is 2. The number of benzene rings is 1. The molecule has 2 amide bonds. The molecule has 2 aromatic rings. The number of pyridine rings is 1. The molecular formula is C16H17N3O2. The summed E-state index contributed by atoms with van der Waals surface area (Å²) in [6.07, 6.45) is 2.99. The van der Waals surface area contributed by atoms with Crippen molar-refractivity contribution >= 4 is 22.7 Å². The van der Waals surface area contributed by atoms with Gasteiger partial charge in [-0.2, -0.15) is 0 Å². The van der Waals surface area contributed by atoms with Crippen LogP contribution in [0, 0.1) is 6.92 Å². The normalized spacial score (nSPS) is 10.8. The molecule has 0 aliphatic carbocycles. The predicted octanol–water partition coefficient (Wildman–Crippen LogP) is 1.58. The average molecular weight is 283 g/mol. The smallest absolute Gasteiger partial charge is 0.252 e. The monoisotopic (exact) mass is 283 g/mol. The van der Waals surface area contributed by atoms with E-state index in [1.54, 1.807) is 19.2 Å². The van der Waals surface area contributed by atoms with Crippen LogP contribution in [-0.2, 0) is 4.79 Å². The van der Waals surface area contributed by atoms with E-state index in [0.717, 1.165) is 16.6 Å². The van der Waals surface area contributed by atoms with E-state index in [-0.39, 0.29) is 11.8 Å². The fourth-order valence-electron chi connectivity index (χ4n) is 1.99. The molecule has 1 heterocycles. The number of likely N-dealkylation sites (N-methyl/N-ethyl adjacent to an activating group) is 1. The SMILES string of the molecule is CNC(=O)/C=C/CNC(=O)c1cc(C)nc2ccccc12. The summed E-state index contributed by atoms with van der Waals surface area (Å²) in [6.45, 7) is 2.15. The van der Waals surface area contributed by atoms with Crippen molar-refractivity contribution in [1.82, 2.24) is 15.6 Å². The van der Waals surface area contributed by atoms with Gasteiger partial charge in [0, 0.05) is 30.7 Å². The third-order valence-electron chi connectivity index (χ3n) is 2.98. The topological polar surface area (TPSA) is 71.1 Å². The van der Waals surface area contributed by atoms with E-state index in [0.29, 0.717) is 12.1 Å². The van der Waals surface area contributed by atoms with Crippen molar-refractivity contribution < 1.29 is 9.59 Å². The summed E-state index contributed by atoms with van der Waals surface area (Å²) in [5, 5.41) is 6.05. The molecule has 2 N–H and O–H groups in total. The van der Waals surface area contributed by atoms with Crippen molar-refractivity contribution in [2.45, 2.75) is 6.92 Å². The van der Waals surface area contributed by atoms with E-state index >= 15 is 0 Å². The number of rotatable bonds is 4. The molecular weight excluding hydrogens is 266 g/mol. The maximum absolute atomic E-state index is 12.3. The molecule has 5 nitrogen and oxygen atoms in total. The number of nitrogens with zero attached hydrogens (tertiary/aromatic N) is 1. The molecule has 1 aromatic carbocycles. The molecule has 0 bridgehead atoms. The summed E-state index contributed by atoms with van der Waals surface area (Å²) in [5.74, 6) is -0.382. The fraction of sp³-hybridized carbons (Fsp3) is 0.188. The molecule has 0 atom stereocenters. The van der Waals surface area contributed by atoms with Gasteiger partial charge in [-0.15, -0.1) is 0 Å². The number of carbonyl (C=O) groups excluding carboxylic acids is 2. The highest BCUT2D eigenvalue weighted by Crippen LogP contribution is 2.17. The number of aryl methyl sites for hydroxylation is 1. The molecule has 0 aliphatic rings. The van der Waals surface area contributed by atoms with Crippen molar-refractivity contribution in [2.75, 3.05) is 13.6 Å². The van der Waals surface area contributed by atoms with Gasteiger partial charge in [0.1, 0.15) is 0 Å². The van der Waals surface area contributed by atoms with Crippen molar-refractivity contribution in [3.8, 4) is 0 Å². The van der Waals surface area contributed by atoms with Crippen LogP contribution >= 0.6 is 0 Å². The third kappa shape index (κ3) is 3.66. The molecule has 0 spiro atoms. The van der Waals surface area contributed by atoms with Crippen LogP contribution in [0.2, 0.25) is 0 Å². The zero-order valence-corrected chi connectivity index (χ0v) is 12.0. The number of fused-ring (bicyclic) bond motifs is 1. The summed E-state index contributed by atoms with van der Waals surface area (Å²) >= 11 is 0. The van der Waals surface area contributed by atoms with Crippen LogP contribution in [0.1, 0.15) is 16.1 Å². The second-order valence-corrected chi connectivity index (χ2v) is 4.55.